The fourth-order valence-corrected chi connectivity index (χ4v) is 2.89. The average Bonchev–Trinajstić information content (AvgIpc) is 2.71. The molecule has 8 heteroatoms. The van der Waals surface area contributed by atoms with E-state index in [1.165, 1.54) is 11.1 Å². The van der Waals surface area contributed by atoms with Gasteiger partial charge >= 0.3 is 11.9 Å². The molecule has 1 saturated heterocycles. The molecule has 2 N–H and O–H groups in total. The molecule has 2 rings (SSSR count). The van der Waals surface area contributed by atoms with Crippen molar-refractivity contribution in [1.82, 2.24) is 10.2 Å². The average molecular weight is 385 g/mol. The third-order valence-electron chi connectivity index (χ3n) is 4.50. The van der Waals surface area contributed by atoms with Gasteiger partial charge in [0, 0.05) is 25.8 Å². The molecule has 0 unspecified atom stereocenters. The van der Waals surface area contributed by atoms with Crippen LogP contribution in [0.5, 0.6) is 0 Å². The van der Waals surface area contributed by atoms with Gasteiger partial charge in [0.05, 0.1) is 18.1 Å². The molecule has 0 radical (unpaired) electrons. The lowest BCUT2D eigenvalue weighted by molar-refractivity contribution is -0.145. The summed E-state index contributed by atoms with van der Waals surface area (Å²) in [6.45, 7) is 3.08. The Hall–Kier alpha value is -3.34. The smallest absolute Gasteiger partial charge is 0.338 e. The number of benzene rings is 1. The van der Waals surface area contributed by atoms with Crippen LogP contribution in [0.15, 0.2) is 36.0 Å². The molecule has 0 spiro atoms. The van der Waals surface area contributed by atoms with Crippen LogP contribution < -0.4 is 5.32 Å². The summed E-state index contributed by atoms with van der Waals surface area (Å²) < 4.78 is 4.92. The van der Waals surface area contributed by atoms with Crippen molar-refractivity contribution in [2.75, 3.05) is 19.7 Å². The lowest BCUT2D eigenvalue weighted by atomic mass is 9.97. The van der Waals surface area contributed by atoms with E-state index in [9.17, 15) is 19.6 Å². The molecular formula is C20H23N3O5. The lowest BCUT2D eigenvalue weighted by Gasteiger charge is -2.29. The SMILES string of the molecule is CCOC(=O)c1ccc(CN/C=C(/C#N)C(=O)N2CCC(C(=O)O)CC2)cc1. The lowest BCUT2D eigenvalue weighted by Crippen LogP contribution is -2.41. The molecular weight excluding hydrogens is 362 g/mol. The summed E-state index contributed by atoms with van der Waals surface area (Å²) in [4.78, 5) is 36.5. The molecule has 1 aromatic carbocycles. The third-order valence-corrected chi connectivity index (χ3v) is 4.50. The van der Waals surface area contributed by atoms with Crippen molar-refractivity contribution >= 4 is 17.8 Å². The summed E-state index contributed by atoms with van der Waals surface area (Å²) in [5, 5.41) is 21.2. The first-order valence-corrected chi connectivity index (χ1v) is 9.08. The van der Waals surface area contributed by atoms with Crippen molar-refractivity contribution in [3.63, 3.8) is 0 Å². The van der Waals surface area contributed by atoms with Crippen LogP contribution in [0, 0.1) is 17.2 Å². The third kappa shape index (κ3) is 5.58. The number of amides is 1. The molecule has 0 bridgehead atoms. The van der Waals surface area contributed by atoms with Gasteiger partial charge in [0.15, 0.2) is 0 Å². The van der Waals surface area contributed by atoms with Crippen LogP contribution in [-0.2, 0) is 20.9 Å². The predicted molar refractivity (Wildman–Crippen MR) is 99.9 cm³/mol. The Morgan fingerprint density at radius 3 is 2.46 bits per heavy atom. The maximum atomic E-state index is 12.4. The fourth-order valence-electron chi connectivity index (χ4n) is 2.89. The molecule has 28 heavy (non-hydrogen) atoms. The Morgan fingerprint density at radius 2 is 1.93 bits per heavy atom. The number of hydrogen-bond donors (Lipinski definition) is 2. The standard InChI is InChI=1S/C20H23N3O5/c1-2-28-20(27)16-5-3-14(4-6-16)12-22-13-17(11-21)18(24)23-9-7-15(8-10-23)19(25)26/h3-6,13,15,22H,2,7-10,12H2,1H3,(H,25,26)/b17-13-. The second-order valence-electron chi connectivity index (χ2n) is 6.37. The van der Waals surface area contributed by atoms with Crippen LogP contribution in [-0.4, -0.2) is 47.5 Å². The van der Waals surface area contributed by atoms with E-state index in [1.54, 1.807) is 31.2 Å². The second kappa shape index (κ2) is 10.1. The highest BCUT2D eigenvalue weighted by Crippen LogP contribution is 2.18. The minimum atomic E-state index is -0.848. The van der Waals surface area contributed by atoms with Gasteiger partial charge in [-0.1, -0.05) is 12.1 Å². The zero-order valence-electron chi connectivity index (χ0n) is 15.7. The van der Waals surface area contributed by atoms with Crippen LogP contribution in [0.2, 0.25) is 0 Å². The molecule has 1 amide bonds. The number of nitriles is 1. The fraction of sp³-hybridized carbons (Fsp3) is 0.400. The van der Waals surface area contributed by atoms with E-state index in [-0.39, 0.29) is 11.5 Å². The maximum absolute atomic E-state index is 12.4. The molecule has 0 aliphatic carbocycles. The molecule has 1 fully saturated rings. The number of nitrogens with one attached hydrogen (secondary N) is 1. The molecule has 0 atom stereocenters. The van der Waals surface area contributed by atoms with Crippen molar-refractivity contribution in [3.05, 3.63) is 47.2 Å². The molecule has 1 aromatic rings. The summed E-state index contributed by atoms with van der Waals surface area (Å²) in [5.74, 6) is -2.07. The Morgan fingerprint density at radius 1 is 1.29 bits per heavy atom. The number of rotatable bonds is 7. The van der Waals surface area contributed by atoms with Crippen LogP contribution >= 0.6 is 0 Å². The summed E-state index contributed by atoms with van der Waals surface area (Å²) in [5.41, 5.74) is 1.30. The van der Waals surface area contributed by atoms with Crippen LogP contribution in [0.1, 0.15) is 35.7 Å². The summed E-state index contributed by atoms with van der Waals surface area (Å²) in [7, 11) is 0. The van der Waals surface area contributed by atoms with Gasteiger partial charge in [-0.25, -0.2) is 4.79 Å². The number of esters is 1. The Bertz CT molecular complexity index is 787. The van der Waals surface area contributed by atoms with Crippen molar-refractivity contribution in [2.45, 2.75) is 26.3 Å². The number of ether oxygens (including phenoxy) is 1. The number of aliphatic carboxylic acids is 1. The largest absolute Gasteiger partial charge is 0.481 e. The Kier molecular flexibility index (Phi) is 7.57. The highest BCUT2D eigenvalue weighted by Gasteiger charge is 2.28. The molecule has 148 valence electrons. The van der Waals surface area contributed by atoms with E-state index < -0.39 is 17.8 Å². The van der Waals surface area contributed by atoms with Crippen LogP contribution in [0.25, 0.3) is 0 Å². The number of carboxylic acid groups (broad SMARTS) is 1. The molecule has 1 aliphatic rings. The number of carbonyl (C=O) groups excluding carboxylic acids is 2. The highest BCUT2D eigenvalue weighted by molar-refractivity contribution is 5.97. The van der Waals surface area contributed by atoms with E-state index in [4.69, 9.17) is 9.84 Å². The quantitative estimate of drug-likeness (QED) is 0.416. The van der Waals surface area contributed by atoms with Crippen molar-refractivity contribution in [2.24, 2.45) is 5.92 Å². The number of carboxylic acids is 1. The van der Waals surface area contributed by atoms with Gasteiger partial charge < -0.3 is 20.1 Å². The first-order chi connectivity index (χ1) is 13.5. The van der Waals surface area contributed by atoms with Crippen LogP contribution in [0.4, 0.5) is 0 Å². The first kappa shape index (κ1) is 21.0. The van der Waals surface area contributed by atoms with Gasteiger partial charge in [0.1, 0.15) is 11.6 Å². The van der Waals surface area contributed by atoms with Gasteiger partial charge in [0.25, 0.3) is 5.91 Å². The van der Waals surface area contributed by atoms with Crippen molar-refractivity contribution < 1.29 is 24.2 Å². The first-order valence-electron chi connectivity index (χ1n) is 9.08. The van der Waals surface area contributed by atoms with E-state index in [0.717, 1.165) is 5.56 Å². The normalized spacial score (nSPS) is 14.9. The highest BCUT2D eigenvalue weighted by atomic mass is 16.5. The predicted octanol–water partition coefficient (Wildman–Crippen LogP) is 1.68. The van der Waals surface area contributed by atoms with E-state index in [0.29, 0.717) is 44.6 Å². The number of hydrogen-bond acceptors (Lipinski definition) is 6. The molecule has 8 nitrogen and oxygen atoms in total. The zero-order valence-corrected chi connectivity index (χ0v) is 15.7. The summed E-state index contributed by atoms with van der Waals surface area (Å²) >= 11 is 0. The van der Waals surface area contributed by atoms with Gasteiger partial charge in [-0.15, -0.1) is 0 Å². The minimum Gasteiger partial charge on any atom is -0.481 e. The Labute approximate surface area is 163 Å². The molecule has 1 heterocycles. The van der Waals surface area contributed by atoms with E-state index >= 15 is 0 Å². The number of piperidine rings is 1. The Balaban J connectivity index is 1.89. The second-order valence-corrected chi connectivity index (χ2v) is 6.37. The van der Waals surface area contributed by atoms with E-state index in [2.05, 4.69) is 5.32 Å². The number of carbonyl (C=O) groups is 3. The van der Waals surface area contributed by atoms with Gasteiger partial charge in [-0.3, -0.25) is 9.59 Å². The van der Waals surface area contributed by atoms with Crippen LogP contribution in [0.3, 0.4) is 0 Å². The number of likely N-dealkylation sites (tertiary alicyclic amines) is 1. The van der Waals surface area contributed by atoms with Gasteiger partial charge in [-0.2, -0.15) is 5.26 Å². The molecule has 0 aromatic heterocycles. The molecule has 0 saturated carbocycles. The van der Waals surface area contributed by atoms with E-state index in [1.807, 2.05) is 6.07 Å². The maximum Gasteiger partial charge on any atom is 0.338 e. The minimum absolute atomic E-state index is 0.0306. The summed E-state index contributed by atoms with van der Waals surface area (Å²) in [6, 6.07) is 8.72. The number of nitrogens with zero attached hydrogens (tertiary/aromatic N) is 2. The monoisotopic (exact) mass is 385 g/mol. The topological polar surface area (TPSA) is 120 Å². The van der Waals surface area contributed by atoms with Gasteiger partial charge in [-0.05, 0) is 37.5 Å². The summed E-state index contributed by atoms with van der Waals surface area (Å²) in [6.07, 6.45) is 2.14. The van der Waals surface area contributed by atoms with Crippen molar-refractivity contribution in [3.8, 4) is 6.07 Å². The van der Waals surface area contributed by atoms with Crippen molar-refractivity contribution in [1.29, 1.82) is 5.26 Å². The molecule has 1 aliphatic heterocycles. The zero-order chi connectivity index (χ0) is 20.5. The van der Waals surface area contributed by atoms with Gasteiger partial charge in [0.2, 0.25) is 0 Å².